The zero-order valence-electron chi connectivity index (χ0n) is 12.3. The van der Waals surface area contributed by atoms with Crippen molar-refractivity contribution in [2.24, 2.45) is 5.92 Å². The van der Waals surface area contributed by atoms with E-state index in [4.69, 9.17) is 9.47 Å². The fourth-order valence-corrected chi connectivity index (χ4v) is 3.82. The van der Waals surface area contributed by atoms with Crippen molar-refractivity contribution in [2.45, 2.75) is 57.3 Å². The Labute approximate surface area is 121 Å². The normalized spacial score (nSPS) is 36.4. The second-order valence-corrected chi connectivity index (χ2v) is 6.03. The van der Waals surface area contributed by atoms with Gasteiger partial charge in [0.25, 0.3) is 0 Å². The van der Waals surface area contributed by atoms with Crippen LogP contribution in [-0.2, 0) is 14.3 Å². The van der Waals surface area contributed by atoms with E-state index in [1.165, 1.54) is 0 Å². The summed E-state index contributed by atoms with van der Waals surface area (Å²) in [5.41, 5.74) is 0. The van der Waals surface area contributed by atoms with Gasteiger partial charge in [0.2, 0.25) is 5.91 Å². The number of rotatable bonds is 4. The smallest absolute Gasteiger partial charge is 0.223 e. The number of hydrogen-bond acceptors (Lipinski definition) is 3. The van der Waals surface area contributed by atoms with E-state index in [0.717, 1.165) is 38.8 Å². The summed E-state index contributed by atoms with van der Waals surface area (Å²) in [4.78, 5) is 14.6. The molecule has 0 N–H and O–H groups in total. The van der Waals surface area contributed by atoms with Crippen LogP contribution in [0.5, 0.6) is 0 Å². The van der Waals surface area contributed by atoms with E-state index in [1.807, 2.05) is 6.92 Å². The monoisotopic (exact) mass is 279 g/mol. The minimum atomic E-state index is 0.0896. The molecular weight excluding hydrogens is 254 g/mol. The van der Waals surface area contributed by atoms with Gasteiger partial charge in [-0.2, -0.15) is 0 Å². The van der Waals surface area contributed by atoms with Crippen LogP contribution in [0.2, 0.25) is 0 Å². The van der Waals surface area contributed by atoms with Crippen molar-refractivity contribution >= 4 is 5.91 Å². The number of carbonyl (C=O) groups is 1. The second-order valence-electron chi connectivity index (χ2n) is 6.03. The third kappa shape index (κ3) is 2.77. The first-order valence-corrected chi connectivity index (χ1v) is 7.99. The number of hydrogen-bond donors (Lipinski definition) is 0. The first kappa shape index (κ1) is 14.1. The van der Waals surface area contributed by atoms with Crippen LogP contribution in [0.4, 0.5) is 0 Å². The molecule has 1 unspecified atom stereocenters. The summed E-state index contributed by atoms with van der Waals surface area (Å²) >= 11 is 0. The standard InChI is InChI=1S/C16H25NO3/c1-2-19-14-8-7-13-16(14)20-10-9-17(13)15(18)11-12-5-3-4-6-12/h3,5,12-14,16H,2,4,6-11H2,1H3/t12?,13-,14-,16-/m1/s1. The molecule has 1 amide bonds. The molecule has 3 rings (SSSR count). The van der Waals surface area contributed by atoms with E-state index in [0.29, 0.717) is 24.9 Å². The summed E-state index contributed by atoms with van der Waals surface area (Å²) in [7, 11) is 0. The summed E-state index contributed by atoms with van der Waals surface area (Å²) in [5, 5.41) is 0. The molecule has 0 spiro atoms. The molecule has 112 valence electrons. The topological polar surface area (TPSA) is 38.8 Å². The van der Waals surface area contributed by atoms with Crippen molar-refractivity contribution in [3.8, 4) is 0 Å². The Morgan fingerprint density at radius 1 is 1.40 bits per heavy atom. The van der Waals surface area contributed by atoms with Crippen LogP contribution in [0.1, 0.15) is 39.0 Å². The predicted octanol–water partition coefficient (Wildman–Crippen LogP) is 2.14. The zero-order chi connectivity index (χ0) is 13.9. The molecule has 2 fully saturated rings. The Hall–Kier alpha value is -0.870. The van der Waals surface area contributed by atoms with Crippen LogP contribution in [0.25, 0.3) is 0 Å². The Bertz CT molecular complexity index is 382. The number of amides is 1. The lowest BCUT2D eigenvalue weighted by molar-refractivity contribution is -0.151. The van der Waals surface area contributed by atoms with Gasteiger partial charge in [-0.05, 0) is 38.5 Å². The van der Waals surface area contributed by atoms with Gasteiger partial charge in [0, 0.05) is 19.6 Å². The van der Waals surface area contributed by atoms with E-state index in [1.54, 1.807) is 0 Å². The van der Waals surface area contributed by atoms with Crippen LogP contribution in [0.15, 0.2) is 12.2 Å². The molecule has 0 aromatic rings. The average molecular weight is 279 g/mol. The van der Waals surface area contributed by atoms with Crippen LogP contribution >= 0.6 is 0 Å². The molecule has 20 heavy (non-hydrogen) atoms. The summed E-state index contributed by atoms with van der Waals surface area (Å²) < 4.78 is 11.6. The first-order valence-electron chi connectivity index (χ1n) is 7.99. The van der Waals surface area contributed by atoms with Gasteiger partial charge in [-0.1, -0.05) is 12.2 Å². The molecule has 4 atom stereocenters. The van der Waals surface area contributed by atoms with Crippen molar-refractivity contribution in [3.63, 3.8) is 0 Å². The maximum Gasteiger partial charge on any atom is 0.223 e. The molecule has 4 nitrogen and oxygen atoms in total. The van der Waals surface area contributed by atoms with E-state index < -0.39 is 0 Å². The van der Waals surface area contributed by atoms with Gasteiger partial charge in [0.1, 0.15) is 6.10 Å². The van der Waals surface area contributed by atoms with Crippen molar-refractivity contribution < 1.29 is 14.3 Å². The number of nitrogens with zero attached hydrogens (tertiary/aromatic N) is 1. The van der Waals surface area contributed by atoms with Crippen LogP contribution in [0, 0.1) is 5.92 Å². The number of morpholine rings is 1. The molecule has 0 aromatic heterocycles. The van der Waals surface area contributed by atoms with Crippen molar-refractivity contribution in [1.29, 1.82) is 0 Å². The Morgan fingerprint density at radius 3 is 3.05 bits per heavy atom. The van der Waals surface area contributed by atoms with Gasteiger partial charge in [-0.3, -0.25) is 4.79 Å². The largest absolute Gasteiger partial charge is 0.376 e. The molecule has 1 saturated heterocycles. The van der Waals surface area contributed by atoms with Gasteiger partial charge in [0.05, 0.1) is 18.8 Å². The minimum absolute atomic E-state index is 0.0896. The highest BCUT2D eigenvalue weighted by Gasteiger charge is 2.44. The Morgan fingerprint density at radius 2 is 2.30 bits per heavy atom. The minimum Gasteiger partial charge on any atom is -0.376 e. The quantitative estimate of drug-likeness (QED) is 0.740. The molecule has 1 saturated carbocycles. The molecule has 0 radical (unpaired) electrons. The van der Waals surface area contributed by atoms with E-state index in [2.05, 4.69) is 17.1 Å². The van der Waals surface area contributed by atoms with Crippen LogP contribution in [-0.4, -0.2) is 48.8 Å². The maximum atomic E-state index is 12.6. The number of carbonyl (C=O) groups excluding carboxylic acids is 1. The lowest BCUT2D eigenvalue weighted by Gasteiger charge is -2.39. The van der Waals surface area contributed by atoms with Gasteiger partial charge in [-0.15, -0.1) is 0 Å². The third-order valence-corrected chi connectivity index (χ3v) is 4.79. The summed E-state index contributed by atoms with van der Waals surface area (Å²) in [6.07, 6.45) is 9.61. The molecule has 1 heterocycles. The van der Waals surface area contributed by atoms with Gasteiger partial charge in [-0.25, -0.2) is 0 Å². The summed E-state index contributed by atoms with van der Waals surface area (Å²) in [6.45, 7) is 4.13. The predicted molar refractivity (Wildman–Crippen MR) is 76.4 cm³/mol. The molecule has 1 aliphatic heterocycles. The SMILES string of the molecule is CCO[C@@H]1CC[C@@H]2[C@H]1OCCN2C(=O)CC1C=CCC1. The van der Waals surface area contributed by atoms with E-state index >= 15 is 0 Å². The Kier molecular flexibility index (Phi) is 4.41. The van der Waals surface area contributed by atoms with Gasteiger partial charge >= 0.3 is 0 Å². The highest BCUT2D eigenvalue weighted by molar-refractivity contribution is 5.77. The van der Waals surface area contributed by atoms with Crippen molar-refractivity contribution in [2.75, 3.05) is 19.8 Å². The molecule has 3 aliphatic rings. The van der Waals surface area contributed by atoms with Crippen molar-refractivity contribution in [1.82, 2.24) is 4.90 Å². The fraction of sp³-hybridized carbons (Fsp3) is 0.812. The van der Waals surface area contributed by atoms with Crippen LogP contribution in [0.3, 0.4) is 0 Å². The van der Waals surface area contributed by atoms with Crippen molar-refractivity contribution in [3.05, 3.63) is 12.2 Å². The number of ether oxygens (including phenoxy) is 2. The van der Waals surface area contributed by atoms with Gasteiger partial charge < -0.3 is 14.4 Å². The van der Waals surface area contributed by atoms with Crippen LogP contribution < -0.4 is 0 Å². The zero-order valence-corrected chi connectivity index (χ0v) is 12.3. The highest BCUT2D eigenvalue weighted by atomic mass is 16.5. The number of fused-ring (bicyclic) bond motifs is 1. The fourth-order valence-electron chi connectivity index (χ4n) is 3.82. The molecular formula is C16H25NO3. The lowest BCUT2D eigenvalue weighted by Crippen LogP contribution is -2.54. The first-order chi connectivity index (χ1) is 9.79. The lowest BCUT2D eigenvalue weighted by atomic mass is 10.0. The molecule has 0 aromatic carbocycles. The summed E-state index contributed by atoms with van der Waals surface area (Å²) in [5.74, 6) is 0.755. The maximum absolute atomic E-state index is 12.6. The summed E-state index contributed by atoms with van der Waals surface area (Å²) in [6, 6.07) is 0.234. The second kappa shape index (κ2) is 6.27. The number of allylic oxidation sites excluding steroid dienone is 2. The molecule has 4 heteroatoms. The third-order valence-electron chi connectivity index (χ3n) is 4.79. The average Bonchev–Trinajstić information content (AvgIpc) is 3.09. The molecule has 0 bridgehead atoms. The molecule has 2 aliphatic carbocycles. The van der Waals surface area contributed by atoms with Gasteiger partial charge in [0.15, 0.2) is 0 Å². The van der Waals surface area contributed by atoms with E-state index in [-0.39, 0.29) is 18.2 Å². The highest BCUT2D eigenvalue weighted by Crippen LogP contribution is 2.33. The Balaban J connectivity index is 1.61. The van der Waals surface area contributed by atoms with E-state index in [9.17, 15) is 4.79 Å².